The molecule has 2 nitrogen and oxygen atoms in total. The second-order valence-electron chi connectivity index (χ2n) is 4.66. The Balaban J connectivity index is 2.53. The second-order valence-corrected chi connectivity index (χ2v) is 5.83. The van der Waals surface area contributed by atoms with Crippen molar-refractivity contribution in [3.8, 4) is 11.3 Å². The number of nitrogens with zero attached hydrogens (tertiary/aromatic N) is 2. The van der Waals surface area contributed by atoms with Gasteiger partial charge in [0.15, 0.2) is 0 Å². The van der Waals surface area contributed by atoms with Gasteiger partial charge in [-0.1, -0.05) is 32.4 Å². The second kappa shape index (κ2) is 4.15. The van der Waals surface area contributed by atoms with Gasteiger partial charge >= 0.3 is 0 Å². The molecule has 0 unspecified atom stereocenters. The van der Waals surface area contributed by atoms with Gasteiger partial charge in [0.25, 0.3) is 0 Å². The van der Waals surface area contributed by atoms with Gasteiger partial charge in [0.05, 0.1) is 5.69 Å². The van der Waals surface area contributed by atoms with Crippen LogP contribution in [-0.4, -0.2) is 9.97 Å². The van der Waals surface area contributed by atoms with E-state index in [9.17, 15) is 0 Å². The molecule has 0 aliphatic carbocycles. The molecule has 2 aromatic heterocycles. The minimum absolute atomic E-state index is 0.0876. The normalized spacial score (nSPS) is 11.8. The van der Waals surface area contributed by atoms with Crippen molar-refractivity contribution in [3.63, 3.8) is 0 Å². The van der Waals surface area contributed by atoms with E-state index >= 15 is 0 Å². The zero-order valence-electron chi connectivity index (χ0n) is 9.49. The number of rotatable bonds is 1. The summed E-state index contributed by atoms with van der Waals surface area (Å²) in [5.41, 5.74) is 1.90. The van der Waals surface area contributed by atoms with Gasteiger partial charge in [0.2, 0.25) is 0 Å². The van der Waals surface area contributed by atoms with E-state index < -0.39 is 0 Å². The Morgan fingerprint density at radius 1 is 1.25 bits per heavy atom. The Morgan fingerprint density at radius 3 is 2.56 bits per heavy atom. The van der Waals surface area contributed by atoms with Crippen LogP contribution in [0.25, 0.3) is 11.3 Å². The van der Waals surface area contributed by atoms with Crippen molar-refractivity contribution in [2.24, 2.45) is 0 Å². The zero-order valence-corrected chi connectivity index (χ0v) is 11.1. The van der Waals surface area contributed by atoms with Crippen LogP contribution in [0.2, 0.25) is 5.15 Å². The summed E-state index contributed by atoms with van der Waals surface area (Å²) in [6, 6.07) is 3.84. The van der Waals surface area contributed by atoms with Crippen LogP contribution in [0.1, 0.15) is 26.6 Å². The summed E-state index contributed by atoms with van der Waals surface area (Å²) in [7, 11) is 0. The standard InChI is InChI=1S/C12H13ClN2S/c1-12(2,3)11-14-9(6-10(13)15-11)8-4-5-16-7-8/h4-7H,1-3H3. The predicted octanol–water partition coefficient (Wildman–Crippen LogP) is 4.16. The maximum absolute atomic E-state index is 6.03. The Kier molecular flexibility index (Phi) is 3.00. The van der Waals surface area contributed by atoms with Gasteiger partial charge in [-0.05, 0) is 11.4 Å². The van der Waals surface area contributed by atoms with Crippen LogP contribution in [0.15, 0.2) is 22.9 Å². The topological polar surface area (TPSA) is 25.8 Å². The largest absolute Gasteiger partial charge is 0.232 e. The van der Waals surface area contributed by atoms with Gasteiger partial charge in [-0.25, -0.2) is 9.97 Å². The van der Waals surface area contributed by atoms with E-state index in [1.54, 1.807) is 17.4 Å². The van der Waals surface area contributed by atoms with Crippen LogP contribution in [0.5, 0.6) is 0 Å². The van der Waals surface area contributed by atoms with Crippen LogP contribution in [0.3, 0.4) is 0 Å². The van der Waals surface area contributed by atoms with Crippen molar-refractivity contribution in [3.05, 3.63) is 33.9 Å². The molecule has 2 rings (SSSR count). The molecule has 2 aromatic rings. The summed E-state index contributed by atoms with van der Waals surface area (Å²) in [4.78, 5) is 8.83. The van der Waals surface area contributed by atoms with Crippen molar-refractivity contribution >= 4 is 22.9 Å². The molecule has 0 amide bonds. The molecule has 0 aromatic carbocycles. The van der Waals surface area contributed by atoms with Crippen LogP contribution in [-0.2, 0) is 5.41 Å². The van der Waals surface area contributed by atoms with Gasteiger partial charge in [0.1, 0.15) is 11.0 Å². The zero-order chi connectivity index (χ0) is 11.8. The maximum atomic E-state index is 6.03. The molecule has 0 saturated carbocycles. The Labute approximate surface area is 104 Å². The molecule has 0 fully saturated rings. The highest BCUT2D eigenvalue weighted by Crippen LogP contribution is 2.26. The van der Waals surface area contributed by atoms with Crippen molar-refractivity contribution in [2.45, 2.75) is 26.2 Å². The first-order valence-corrected chi connectivity index (χ1v) is 6.36. The Bertz CT molecular complexity index is 486. The van der Waals surface area contributed by atoms with E-state index in [2.05, 4.69) is 36.1 Å². The minimum Gasteiger partial charge on any atom is -0.232 e. The number of halogens is 1. The smallest absolute Gasteiger partial charge is 0.136 e. The minimum atomic E-state index is -0.0876. The van der Waals surface area contributed by atoms with Gasteiger partial charge in [0, 0.05) is 22.4 Å². The van der Waals surface area contributed by atoms with Crippen LogP contribution >= 0.6 is 22.9 Å². The molecule has 0 radical (unpaired) electrons. The van der Waals surface area contributed by atoms with E-state index in [0.717, 1.165) is 17.1 Å². The summed E-state index contributed by atoms with van der Waals surface area (Å²) in [6.07, 6.45) is 0. The monoisotopic (exact) mass is 252 g/mol. The first kappa shape index (κ1) is 11.6. The average molecular weight is 253 g/mol. The quantitative estimate of drug-likeness (QED) is 0.713. The van der Waals surface area contributed by atoms with E-state index in [-0.39, 0.29) is 5.41 Å². The van der Waals surface area contributed by atoms with Gasteiger partial charge in [-0.2, -0.15) is 11.3 Å². The third-order valence-electron chi connectivity index (χ3n) is 2.18. The highest BCUT2D eigenvalue weighted by atomic mass is 35.5. The predicted molar refractivity (Wildman–Crippen MR) is 69.1 cm³/mol. The van der Waals surface area contributed by atoms with Crippen molar-refractivity contribution in [1.29, 1.82) is 0 Å². The molecular weight excluding hydrogens is 240 g/mol. The van der Waals surface area contributed by atoms with Gasteiger partial charge < -0.3 is 0 Å². The number of hydrogen-bond acceptors (Lipinski definition) is 3. The molecule has 0 saturated heterocycles. The van der Waals surface area contributed by atoms with Crippen LogP contribution < -0.4 is 0 Å². The van der Waals surface area contributed by atoms with Crippen LogP contribution in [0.4, 0.5) is 0 Å². The SMILES string of the molecule is CC(C)(C)c1nc(Cl)cc(-c2ccsc2)n1. The van der Waals surface area contributed by atoms with Crippen molar-refractivity contribution in [1.82, 2.24) is 9.97 Å². The lowest BCUT2D eigenvalue weighted by molar-refractivity contribution is 0.546. The Morgan fingerprint density at radius 2 is 2.00 bits per heavy atom. The number of aromatic nitrogens is 2. The summed E-state index contributed by atoms with van der Waals surface area (Å²) in [5.74, 6) is 0.779. The molecule has 0 aliphatic heterocycles. The fourth-order valence-corrected chi connectivity index (χ4v) is 2.14. The van der Waals surface area contributed by atoms with E-state index in [1.807, 2.05) is 11.4 Å². The summed E-state index contributed by atoms with van der Waals surface area (Å²) < 4.78 is 0. The van der Waals surface area contributed by atoms with E-state index in [1.165, 1.54) is 0 Å². The molecule has 2 heterocycles. The molecule has 84 valence electrons. The molecule has 4 heteroatoms. The summed E-state index contributed by atoms with van der Waals surface area (Å²) >= 11 is 7.68. The first-order chi connectivity index (χ1) is 7.47. The van der Waals surface area contributed by atoms with Gasteiger partial charge in [-0.15, -0.1) is 0 Å². The molecule has 0 bridgehead atoms. The molecule has 0 aliphatic rings. The molecule has 16 heavy (non-hydrogen) atoms. The fraction of sp³-hybridized carbons (Fsp3) is 0.333. The lowest BCUT2D eigenvalue weighted by Gasteiger charge is -2.17. The van der Waals surface area contributed by atoms with Crippen molar-refractivity contribution in [2.75, 3.05) is 0 Å². The first-order valence-electron chi connectivity index (χ1n) is 5.04. The number of hydrogen-bond donors (Lipinski definition) is 0. The highest BCUT2D eigenvalue weighted by molar-refractivity contribution is 7.08. The van der Waals surface area contributed by atoms with E-state index in [0.29, 0.717) is 5.15 Å². The van der Waals surface area contributed by atoms with Crippen LogP contribution in [0, 0.1) is 0 Å². The molecular formula is C12H13ClN2S. The molecule has 0 N–H and O–H groups in total. The lowest BCUT2D eigenvalue weighted by Crippen LogP contribution is -2.16. The fourth-order valence-electron chi connectivity index (χ4n) is 1.31. The molecule has 0 atom stereocenters. The van der Waals surface area contributed by atoms with E-state index in [4.69, 9.17) is 11.6 Å². The summed E-state index contributed by atoms with van der Waals surface area (Å²) in [5, 5.41) is 4.59. The maximum Gasteiger partial charge on any atom is 0.136 e. The van der Waals surface area contributed by atoms with Crippen molar-refractivity contribution < 1.29 is 0 Å². The summed E-state index contributed by atoms with van der Waals surface area (Å²) in [6.45, 7) is 6.24. The third kappa shape index (κ3) is 2.42. The third-order valence-corrected chi connectivity index (χ3v) is 3.06. The molecule has 0 spiro atoms. The Hall–Kier alpha value is -0.930. The van der Waals surface area contributed by atoms with Gasteiger partial charge in [-0.3, -0.25) is 0 Å². The number of thiophene rings is 1. The lowest BCUT2D eigenvalue weighted by atomic mass is 9.95. The average Bonchev–Trinajstić information content (AvgIpc) is 2.68. The highest BCUT2D eigenvalue weighted by Gasteiger charge is 2.19.